The Bertz CT molecular complexity index is 391. The van der Waals surface area contributed by atoms with E-state index in [0.717, 1.165) is 22.9 Å². The van der Waals surface area contributed by atoms with E-state index < -0.39 is 0 Å². The van der Waals surface area contributed by atoms with Crippen LogP contribution >= 0.6 is 23.1 Å². The minimum absolute atomic E-state index is 0.183. The summed E-state index contributed by atoms with van der Waals surface area (Å²) in [6.45, 7) is 1.97. The SMILES string of the molecule is COC(=O)C(CSc1nc(C)cs1)NC1CC1. The average Bonchev–Trinajstić information content (AvgIpc) is 3.05. The predicted octanol–water partition coefficient (Wildman–Crippen LogP) is 1.84. The van der Waals surface area contributed by atoms with Crippen LogP contribution in [0.2, 0.25) is 0 Å². The molecule has 1 N–H and O–H groups in total. The Morgan fingerprint density at radius 2 is 2.53 bits per heavy atom. The average molecular weight is 272 g/mol. The van der Waals surface area contributed by atoms with Gasteiger partial charge >= 0.3 is 5.97 Å². The monoisotopic (exact) mass is 272 g/mol. The van der Waals surface area contributed by atoms with Gasteiger partial charge in [0.25, 0.3) is 0 Å². The van der Waals surface area contributed by atoms with E-state index in [4.69, 9.17) is 4.74 Å². The zero-order valence-electron chi connectivity index (χ0n) is 9.93. The second kappa shape index (κ2) is 5.84. The number of nitrogens with zero attached hydrogens (tertiary/aromatic N) is 1. The Balaban J connectivity index is 1.85. The number of ether oxygens (including phenoxy) is 1. The molecule has 1 aromatic rings. The third-order valence-electron chi connectivity index (χ3n) is 2.47. The number of esters is 1. The van der Waals surface area contributed by atoms with Gasteiger partial charge in [-0.3, -0.25) is 4.79 Å². The molecular weight excluding hydrogens is 256 g/mol. The second-order valence-electron chi connectivity index (χ2n) is 4.08. The van der Waals surface area contributed by atoms with Gasteiger partial charge in [0, 0.05) is 22.9 Å². The smallest absolute Gasteiger partial charge is 0.323 e. The highest BCUT2D eigenvalue weighted by Gasteiger charge is 2.29. The molecule has 1 atom stereocenters. The van der Waals surface area contributed by atoms with E-state index >= 15 is 0 Å². The quantitative estimate of drug-likeness (QED) is 0.632. The third kappa shape index (κ3) is 3.97. The number of rotatable bonds is 6. The number of hydrogen-bond acceptors (Lipinski definition) is 6. The first-order chi connectivity index (χ1) is 8.19. The molecule has 0 spiro atoms. The molecule has 0 aromatic carbocycles. The summed E-state index contributed by atoms with van der Waals surface area (Å²) in [6, 6.07) is 0.277. The summed E-state index contributed by atoms with van der Waals surface area (Å²) < 4.78 is 5.81. The number of carbonyl (C=O) groups excluding carboxylic acids is 1. The van der Waals surface area contributed by atoms with Gasteiger partial charge in [0.2, 0.25) is 0 Å². The molecule has 0 bridgehead atoms. The zero-order chi connectivity index (χ0) is 12.3. The number of nitrogens with one attached hydrogen (secondary N) is 1. The van der Waals surface area contributed by atoms with Gasteiger partial charge < -0.3 is 10.1 Å². The molecule has 94 valence electrons. The highest BCUT2D eigenvalue weighted by molar-refractivity contribution is 8.01. The van der Waals surface area contributed by atoms with Gasteiger partial charge in [-0.1, -0.05) is 11.8 Å². The van der Waals surface area contributed by atoms with Crippen LogP contribution in [0.5, 0.6) is 0 Å². The first kappa shape index (κ1) is 12.9. The van der Waals surface area contributed by atoms with E-state index in [1.165, 1.54) is 7.11 Å². The lowest BCUT2D eigenvalue weighted by Gasteiger charge is -2.14. The molecule has 0 amide bonds. The molecular formula is C11H16N2O2S2. The van der Waals surface area contributed by atoms with Crippen molar-refractivity contribution >= 4 is 29.1 Å². The van der Waals surface area contributed by atoms with Crippen LogP contribution in [0, 0.1) is 6.92 Å². The Morgan fingerprint density at radius 3 is 3.06 bits per heavy atom. The van der Waals surface area contributed by atoms with Gasteiger partial charge in [0.15, 0.2) is 0 Å². The fourth-order valence-corrected chi connectivity index (χ4v) is 3.31. The van der Waals surface area contributed by atoms with Crippen molar-refractivity contribution in [2.45, 2.75) is 36.2 Å². The van der Waals surface area contributed by atoms with Crippen molar-refractivity contribution in [1.29, 1.82) is 0 Å². The van der Waals surface area contributed by atoms with Gasteiger partial charge in [-0.25, -0.2) is 4.98 Å². The highest BCUT2D eigenvalue weighted by atomic mass is 32.2. The number of aryl methyl sites for hydroxylation is 1. The molecule has 6 heteroatoms. The van der Waals surface area contributed by atoms with Gasteiger partial charge in [-0.15, -0.1) is 11.3 Å². The molecule has 1 fully saturated rings. The number of methoxy groups -OCH3 is 1. The van der Waals surface area contributed by atoms with Crippen molar-refractivity contribution in [1.82, 2.24) is 10.3 Å². The fourth-order valence-electron chi connectivity index (χ4n) is 1.41. The summed E-state index contributed by atoms with van der Waals surface area (Å²) >= 11 is 3.22. The number of aromatic nitrogens is 1. The standard InChI is InChI=1S/C11H16N2O2S2/c1-7-5-16-11(12-7)17-6-9(10(14)15-2)13-8-3-4-8/h5,8-9,13H,3-4,6H2,1-2H3. The van der Waals surface area contributed by atoms with E-state index in [2.05, 4.69) is 10.3 Å². The van der Waals surface area contributed by atoms with Crippen molar-refractivity contribution in [3.05, 3.63) is 11.1 Å². The highest BCUT2D eigenvalue weighted by Crippen LogP contribution is 2.25. The van der Waals surface area contributed by atoms with Crippen LogP contribution in [0.1, 0.15) is 18.5 Å². The summed E-state index contributed by atoms with van der Waals surface area (Å²) in [5.41, 5.74) is 1.03. The Labute approximate surface area is 109 Å². The van der Waals surface area contributed by atoms with E-state index in [0.29, 0.717) is 11.8 Å². The topological polar surface area (TPSA) is 51.2 Å². The van der Waals surface area contributed by atoms with Crippen molar-refractivity contribution in [2.24, 2.45) is 0 Å². The molecule has 1 saturated carbocycles. The van der Waals surface area contributed by atoms with Crippen LogP contribution in [-0.4, -0.2) is 35.9 Å². The molecule has 4 nitrogen and oxygen atoms in total. The van der Waals surface area contributed by atoms with Crippen LogP contribution in [0.25, 0.3) is 0 Å². The predicted molar refractivity (Wildman–Crippen MR) is 69.5 cm³/mol. The molecule has 0 aliphatic heterocycles. The zero-order valence-corrected chi connectivity index (χ0v) is 11.6. The van der Waals surface area contributed by atoms with Gasteiger partial charge in [0.05, 0.1) is 7.11 Å². The molecule has 2 rings (SSSR count). The first-order valence-electron chi connectivity index (χ1n) is 5.58. The van der Waals surface area contributed by atoms with E-state index in [1.807, 2.05) is 12.3 Å². The van der Waals surface area contributed by atoms with E-state index in [-0.39, 0.29) is 12.0 Å². The largest absolute Gasteiger partial charge is 0.468 e. The van der Waals surface area contributed by atoms with Gasteiger partial charge in [-0.2, -0.15) is 0 Å². The molecule has 1 aliphatic rings. The van der Waals surface area contributed by atoms with Crippen LogP contribution < -0.4 is 5.32 Å². The molecule has 1 aromatic heterocycles. The molecule has 0 radical (unpaired) electrons. The molecule has 17 heavy (non-hydrogen) atoms. The minimum atomic E-state index is -0.221. The lowest BCUT2D eigenvalue weighted by molar-refractivity contribution is -0.142. The molecule has 1 aliphatic carbocycles. The third-order valence-corrected chi connectivity index (χ3v) is 4.70. The minimum Gasteiger partial charge on any atom is -0.468 e. The Hall–Kier alpha value is -0.590. The van der Waals surface area contributed by atoms with Crippen molar-refractivity contribution in [2.75, 3.05) is 12.9 Å². The summed E-state index contributed by atoms with van der Waals surface area (Å²) in [5, 5.41) is 5.32. The van der Waals surface area contributed by atoms with Gasteiger partial charge in [-0.05, 0) is 19.8 Å². The maximum atomic E-state index is 11.6. The fraction of sp³-hybridized carbons (Fsp3) is 0.636. The van der Waals surface area contributed by atoms with Crippen LogP contribution in [0.3, 0.4) is 0 Å². The summed E-state index contributed by atoms with van der Waals surface area (Å²) in [5.74, 6) is 0.494. The van der Waals surface area contributed by atoms with Crippen molar-refractivity contribution < 1.29 is 9.53 Å². The summed E-state index contributed by atoms with van der Waals surface area (Å²) in [4.78, 5) is 16.0. The molecule has 0 saturated heterocycles. The number of thioether (sulfide) groups is 1. The van der Waals surface area contributed by atoms with Crippen LogP contribution in [-0.2, 0) is 9.53 Å². The maximum Gasteiger partial charge on any atom is 0.323 e. The van der Waals surface area contributed by atoms with Crippen LogP contribution in [0.4, 0.5) is 0 Å². The van der Waals surface area contributed by atoms with E-state index in [1.54, 1.807) is 23.1 Å². The normalized spacial score (nSPS) is 16.8. The number of hydrogen-bond donors (Lipinski definition) is 1. The molecule has 1 heterocycles. The first-order valence-corrected chi connectivity index (χ1v) is 7.44. The van der Waals surface area contributed by atoms with E-state index in [9.17, 15) is 4.79 Å². The maximum absolute atomic E-state index is 11.6. The number of carbonyl (C=O) groups is 1. The van der Waals surface area contributed by atoms with Crippen molar-refractivity contribution in [3.63, 3.8) is 0 Å². The van der Waals surface area contributed by atoms with Gasteiger partial charge in [0.1, 0.15) is 10.4 Å². The second-order valence-corrected chi connectivity index (χ2v) is 6.21. The lowest BCUT2D eigenvalue weighted by atomic mass is 10.3. The Morgan fingerprint density at radius 1 is 1.76 bits per heavy atom. The van der Waals surface area contributed by atoms with Crippen LogP contribution in [0.15, 0.2) is 9.72 Å². The van der Waals surface area contributed by atoms with Crippen molar-refractivity contribution in [3.8, 4) is 0 Å². The summed E-state index contributed by atoms with van der Waals surface area (Å²) in [6.07, 6.45) is 2.32. The molecule has 1 unspecified atom stereocenters. The summed E-state index contributed by atoms with van der Waals surface area (Å²) in [7, 11) is 1.43. The lowest BCUT2D eigenvalue weighted by Crippen LogP contribution is -2.40. The Kier molecular flexibility index (Phi) is 4.42. The number of thiazole rings is 1.